The molecule has 0 radical (unpaired) electrons. The van der Waals surface area contributed by atoms with Crippen molar-refractivity contribution in [2.45, 2.75) is 26.3 Å². The summed E-state index contributed by atoms with van der Waals surface area (Å²) >= 11 is 0. The van der Waals surface area contributed by atoms with Crippen molar-refractivity contribution >= 4 is 16.9 Å². The maximum Gasteiger partial charge on any atom is 0.252 e. The van der Waals surface area contributed by atoms with Gasteiger partial charge in [-0.05, 0) is 56.2 Å². The number of nitrogens with zero attached hydrogens (tertiary/aromatic N) is 4. The number of hydrogen-bond donors (Lipinski definition) is 1. The van der Waals surface area contributed by atoms with Gasteiger partial charge in [0.1, 0.15) is 13.2 Å². The molecule has 33 heavy (non-hydrogen) atoms. The fourth-order valence-corrected chi connectivity index (χ4v) is 3.90. The van der Waals surface area contributed by atoms with E-state index in [-0.39, 0.29) is 11.9 Å². The second-order valence-electron chi connectivity index (χ2n) is 8.20. The molecule has 0 fully saturated rings. The Balaban J connectivity index is 1.50. The minimum absolute atomic E-state index is 0.104. The van der Waals surface area contributed by atoms with Gasteiger partial charge in [0.05, 0.1) is 22.8 Å². The largest absolute Gasteiger partial charge is 0.486 e. The molecular weight excluding hydrogens is 418 g/mol. The van der Waals surface area contributed by atoms with Crippen molar-refractivity contribution in [2.75, 3.05) is 19.8 Å². The molecule has 4 aromatic rings. The van der Waals surface area contributed by atoms with Crippen molar-refractivity contribution in [3.8, 4) is 22.8 Å². The van der Waals surface area contributed by atoms with E-state index in [1.165, 1.54) is 0 Å². The Bertz CT molecular complexity index is 1300. The second kappa shape index (κ2) is 8.90. The minimum atomic E-state index is -0.159. The average molecular weight is 444 g/mol. The van der Waals surface area contributed by atoms with Crippen LogP contribution in [0.25, 0.3) is 22.3 Å². The first kappa shape index (κ1) is 20.9. The van der Waals surface area contributed by atoms with Gasteiger partial charge < -0.3 is 14.8 Å². The third-order valence-corrected chi connectivity index (χ3v) is 5.56. The van der Waals surface area contributed by atoms with Crippen LogP contribution in [-0.2, 0) is 6.42 Å². The number of benzene rings is 1. The Morgan fingerprint density at radius 2 is 1.97 bits per heavy atom. The van der Waals surface area contributed by atoms with E-state index < -0.39 is 0 Å². The molecule has 0 atom stereocenters. The van der Waals surface area contributed by atoms with E-state index in [0.717, 1.165) is 16.5 Å². The first-order valence-electron chi connectivity index (χ1n) is 11.1. The number of fused-ring (bicyclic) bond motifs is 2. The van der Waals surface area contributed by atoms with Crippen LogP contribution in [0.5, 0.6) is 11.5 Å². The highest BCUT2D eigenvalue weighted by Gasteiger charge is 2.20. The maximum atomic E-state index is 13.2. The van der Waals surface area contributed by atoms with Crippen molar-refractivity contribution in [2.24, 2.45) is 0 Å². The molecule has 1 aliphatic heterocycles. The summed E-state index contributed by atoms with van der Waals surface area (Å²) in [5.41, 5.74) is 3.82. The van der Waals surface area contributed by atoms with Gasteiger partial charge in [0.2, 0.25) is 0 Å². The zero-order valence-corrected chi connectivity index (χ0v) is 18.6. The second-order valence-corrected chi connectivity index (χ2v) is 8.20. The number of aromatic nitrogens is 4. The van der Waals surface area contributed by atoms with Crippen LogP contribution in [0.15, 0.2) is 55.0 Å². The third-order valence-electron chi connectivity index (χ3n) is 5.56. The fourth-order valence-electron chi connectivity index (χ4n) is 3.90. The van der Waals surface area contributed by atoms with Crippen molar-refractivity contribution < 1.29 is 14.3 Å². The lowest BCUT2D eigenvalue weighted by Crippen LogP contribution is -2.26. The van der Waals surface area contributed by atoms with Gasteiger partial charge in [-0.3, -0.25) is 9.78 Å². The predicted molar refractivity (Wildman–Crippen MR) is 125 cm³/mol. The summed E-state index contributed by atoms with van der Waals surface area (Å²) in [5.74, 6) is 1.24. The number of carbonyl (C=O) groups excluding carboxylic acids is 1. The highest BCUT2D eigenvalue weighted by molar-refractivity contribution is 6.06. The molecular formula is C25H25N5O3. The standard InChI is InChI=1S/C25H25N5O3/c1-16(2)30-24-20(15-28-30)19(25(31)27-9-7-17-4-3-8-26-14-17)13-21(29-24)18-5-6-22-23(12-18)33-11-10-32-22/h3-6,8,12-16H,7,9-11H2,1-2H3,(H,27,31). The van der Waals surface area contributed by atoms with Gasteiger partial charge in [0, 0.05) is 30.5 Å². The van der Waals surface area contributed by atoms with Gasteiger partial charge >= 0.3 is 0 Å². The number of amides is 1. The summed E-state index contributed by atoms with van der Waals surface area (Å²) in [7, 11) is 0. The van der Waals surface area contributed by atoms with E-state index in [1.807, 2.05) is 61.1 Å². The van der Waals surface area contributed by atoms with E-state index in [2.05, 4.69) is 15.4 Å². The smallest absolute Gasteiger partial charge is 0.252 e. The van der Waals surface area contributed by atoms with Crippen LogP contribution in [0.4, 0.5) is 0 Å². The first-order chi connectivity index (χ1) is 16.1. The Kier molecular flexibility index (Phi) is 5.64. The van der Waals surface area contributed by atoms with E-state index in [4.69, 9.17) is 14.5 Å². The molecule has 1 N–H and O–H groups in total. The average Bonchev–Trinajstić information content (AvgIpc) is 3.28. The van der Waals surface area contributed by atoms with Crippen LogP contribution < -0.4 is 14.8 Å². The highest BCUT2D eigenvalue weighted by atomic mass is 16.6. The summed E-state index contributed by atoms with van der Waals surface area (Å²) in [6, 6.07) is 11.5. The van der Waals surface area contributed by atoms with Crippen LogP contribution in [0.2, 0.25) is 0 Å². The SMILES string of the molecule is CC(C)n1ncc2c(C(=O)NCCc3cccnc3)cc(-c3ccc4c(c3)OCCO4)nc21. The normalized spacial score (nSPS) is 12.8. The lowest BCUT2D eigenvalue weighted by Gasteiger charge is -2.19. The molecule has 3 aromatic heterocycles. The first-order valence-corrected chi connectivity index (χ1v) is 11.1. The van der Waals surface area contributed by atoms with Gasteiger partial charge in [-0.2, -0.15) is 5.10 Å². The zero-order chi connectivity index (χ0) is 22.8. The summed E-state index contributed by atoms with van der Waals surface area (Å²) in [6.07, 6.45) is 5.96. The molecule has 5 rings (SSSR count). The summed E-state index contributed by atoms with van der Waals surface area (Å²) in [4.78, 5) is 22.2. The molecule has 0 saturated heterocycles. The lowest BCUT2D eigenvalue weighted by molar-refractivity contribution is 0.0955. The predicted octanol–water partition coefficient (Wildman–Crippen LogP) is 3.82. The van der Waals surface area contributed by atoms with Gasteiger partial charge in [0.25, 0.3) is 5.91 Å². The zero-order valence-electron chi connectivity index (χ0n) is 18.6. The molecule has 0 spiro atoms. The number of rotatable bonds is 6. The topological polar surface area (TPSA) is 91.2 Å². The molecule has 1 amide bonds. The molecule has 1 aliphatic rings. The number of ether oxygens (including phenoxy) is 2. The van der Waals surface area contributed by atoms with Crippen LogP contribution in [0.1, 0.15) is 35.8 Å². The minimum Gasteiger partial charge on any atom is -0.486 e. The van der Waals surface area contributed by atoms with Gasteiger partial charge in [-0.15, -0.1) is 0 Å². The third kappa shape index (κ3) is 4.24. The quantitative estimate of drug-likeness (QED) is 0.487. The summed E-state index contributed by atoms with van der Waals surface area (Å²) < 4.78 is 13.2. The van der Waals surface area contributed by atoms with E-state index in [1.54, 1.807) is 12.4 Å². The monoisotopic (exact) mass is 443 g/mol. The molecule has 0 unspecified atom stereocenters. The van der Waals surface area contributed by atoms with Crippen LogP contribution in [-0.4, -0.2) is 45.4 Å². The number of hydrogen-bond acceptors (Lipinski definition) is 6. The van der Waals surface area contributed by atoms with Crippen molar-refractivity contribution in [3.05, 3.63) is 66.1 Å². The van der Waals surface area contributed by atoms with E-state index in [9.17, 15) is 4.79 Å². The molecule has 0 bridgehead atoms. The van der Waals surface area contributed by atoms with Crippen LogP contribution in [0.3, 0.4) is 0 Å². The van der Waals surface area contributed by atoms with Gasteiger partial charge in [0.15, 0.2) is 17.1 Å². The molecule has 168 valence electrons. The van der Waals surface area contributed by atoms with Crippen molar-refractivity contribution in [3.63, 3.8) is 0 Å². The molecule has 4 heterocycles. The lowest BCUT2D eigenvalue weighted by atomic mass is 10.1. The molecule has 0 aliphatic carbocycles. The summed E-state index contributed by atoms with van der Waals surface area (Å²) in [6.45, 7) is 5.63. The Hall–Kier alpha value is -3.94. The van der Waals surface area contributed by atoms with Gasteiger partial charge in [-0.25, -0.2) is 9.67 Å². The molecule has 8 nitrogen and oxygen atoms in total. The Labute approximate surface area is 191 Å². The van der Waals surface area contributed by atoms with E-state index in [0.29, 0.717) is 54.6 Å². The molecule has 0 saturated carbocycles. The van der Waals surface area contributed by atoms with Gasteiger partial charge in [-0.1, -0.05) is 6.07 Å². The Morgan fingerprint density at radius 1 is 1.12 bits per heavy atom. The van der Waals surface area contributed by atoms with Crippen molar-refractivity contribution in [1.29, 1.82) is 0 Å². The summed E-state index contributed by atoms with van der Waals surface area (Å²) in [5, 5.41) is 8.25. The number of nitrogens with one attached hydrogen (secondary N) is 1. The highest BCUT2D eigenvalue weighted by Crippen LogP contribution is 2.35. The fraction of sp³-hybridized carbons (Fsp3) is 0.280. The van der Waals surface area contributed by atoms with Crippen LogP contribution >= 0.6 is 0 Å². The van der Waals surface area contributed by atoms with E-state index >= 15 is 0 Å². The Morgan fingerprint density at radius 3 is 2.76 bits per heavy atom. The van der Waals surface area contributed by atoms with Crippen molar-refractivity contribution in [1.82, 2.24) is 25.1 Å². The molecule has 8 heteroatoms. The molecule has 1 aromatic carbocycles. The maximum absolute atomic E-state index is 13.2. The number of carbonyl (C=O) groups is 1. The number of pyridine rings is 2. The van der Waals surface area contributed by atoms with Crippen LogP contribution in [0, 0.1) is 0 Å².